The van der Waals surface area contributed by atoms with Gasteiger partial charge >= 0.3 is 6.03 Å². The van der Waals surface area contributed by atoms with E-state index < -0.39 is 0 Å². The number of hydrogen-bond donors (Lipinski definition) is 1. The second-order valence-electron chi connectivity index (χ2n) is 5.26. The van der Waals surface area contributed by atoms with Gasteiger partial charge in [0.2, 0.25) is 0 Å². The first kappa shape index (κ1) is 15.0. The maximum Gasteiger partial charge on any atom is 0.320 e. The van der Waals surface area contributed by atoms with E-state index in [0.29, 0.717) is 10.8 Å². The quantitative estimate of drug-likeness (QED) is 0.865. The van der Waals surface area contributed by atoms with Crippen molar-refractivity contribution in [1.82, 2.24) is 10.2 Å². The molecule has 1 heterocycles. The fraction of sp³-hybridized carbons (Fsp3) is 0.533. The van der Waals surface area contributed by atoms with Gasteiger partial charge < -0.3 is 15.0 Å². The van der Waals surface area contributed by atoms with Crippen LogP contribution in [0.2, 0.25) is 5.02 Å². The van der Waals surface area contributed by atoms with Crippen LogP contribution in [-0.2, 0) is 0 Å². The van der Waals surface area contributed by atoms with Gasteiger partial charge in [0.15, 0.2) is 6.73 Å². The van der Waals surface area contributed by atoms with E-state index in [1.54, 1.807) is 24.3 Å². The van der Waals surface area contributed by atoms with E-state index in [2.05, 4.69) is 19.2 Å². The first-order valence-corrected chi connectivity index (χ1v) is 7.40. The summed E-state index contributed by atoms with van der Waals surface area (Å²) in [6.45, 7) is 4.35. The molecule has 5 heteroatoms. The number of benzene rings is 1. The molecule has 2 atom stereocenters. The van der Waals surface area contributed by atoms with Crippen LogP contribution in [0.1, 0.15) is 33.1 Å². The van der Waals surface area contributed by atoms with E-state index in [1.807, 2.05) is 4.90 Å². The first-order chi connectivity index (χ1) is 9.58. The molecule has 2 unspecified atom stereocenters. The monoisotopic (exact) mass is 296 g/mol. The highest BCUT2D eigenvalue weighted by Crippen LogP contribution is 2.22. The number of ether oxygens (including phenoxy) is 1. The van der Waals surface area contributed by atoms with Crippen molar-refractivity contribution in [3.05, 3.63) is 29.3 Å². The Morgan fingerprint density at radius 3 is 2.50 bits per heavy atom. The van der Waals surface area contributed by atoms with Crippen molar-refractivity contribution in [2.45, 2.75) is 45.2 Å². The topological polar surface area (TPSA) is 41.6 Å². The summed E-state index contributed by atoms with van der Waals surface area (Å²) >= 11 is 5.80. The van der Waals surface area contributed by atoms with Gasteiger partial charge in [0.1, 0.15) is 5.75 Å². The second kappa shape index (κ2) is 6.84. The maximum atomic E-state index is 12.2. The predicted octanol–water partition coefficient (Wildman–Crippen LogP) is 3.65. The van der Waals surface area contributed by atoms with Gasteiger partial charge in [-0.3, -0.25) is 0 Å². The predicted molar refractivity (Wildman–Crippen MR) is 80.1 cm³/mol. The van der Waals surface area contributed by atoms with Gasteiger partial charge in [0.05, 0.1) is 0 Å². The van der Waals surface area contributed by atoms with Crippen LogP contribution in [-0.4, -0.2) is 29.7 Å². The average molecular weight is 297 g/mol. The largest absolute Gasteiger partial charge is 0.473 e. The van der Waals surface area contributed by atoms with Crippen molar-refractivity contribution in [1.29, 1.82) is 0 Å². The van der Waals surface area contributed by atoms with E-state index in [1.165, 1.54) is 6.42 Å². The Morgan fingerprint density at radius 1 is 1.30 bits per heavy atom. The van der Waals surface area contributed by atoms with Crippen molar-refractivity contribution in [3.8, 4) is 5.75 Å². The lowest BCUT2D eigenvalue weighted by atomic mass is 9.98. The maximum absolute atomic E-state index is 12.2. The fourth-order valence-electron chi connectivity index (χ4n) is 2.62. The Bertz CT molecular complexity index is 440. The van der Waals surface area contributed by atoms with Crippen LogP contribution >= 0.6 is 11.6 Å². The Balaban J connectivity index is 1.81. The van der Waals surface area contributed by atoms with Gasteiger partial charge in [0.25, 0.3) is 0 Å². The summed E-state index contributed by atoms with van der Waals surface area (Å²) in [4.78, 5) is 14.1. The Hall–Kier alpha value is -1.42. The van der Waals surface area contributed by atoms with Crippen molar-refractivity contribution in [2.24, 2.45) is 0 Å². The van der Waals surface area contributed by atoms with E-state index in [0.717, 1.165) is 12.8 Å². The molecule has 4 nitrogen and oxygen atoms in total. The lowest BCUT2D eigenvalue weighted by Crippen LogP contribution is -2.52. The standard InChI is InChI=1S/C15H21ClN2O2/c1-11-4-3-5-12(2)18(11)15(19)17-10-20-14-8-6-13(16)7-9-14/h6-9,11-12H,3-5,10H2,1-2H3,(H,17,19). The molecule has 0 spiro atoms. The molecule has 20 heavy (non-hydrogen) atoms. The van der Waals surface area contributed by atoms with Crippen molar-refractivity contribution in [3.63, 3.8) is 0 Å². The van der Waals surface area contributed by atoms with E-state index in [-0.39, 0.29) is 24.8 Å². The fourth-order valence-corrected chi connectivity index (χ4v) is 2.75. The van der Waals surface area contributed by atoms with E-state index >= 15 is 0 Å². The lowest BCUT2D eigenvalue weighted by molar-refractivity contribution is 0.117. The van der Waals surface area contributed by atoms with Gasteiger partial charge in [-0.2, -0.15) is 0 Å². The third kappa shape index (κ3) is 3.79. The third-order valence-electron chi connectivity index (χ3n) is 3.70. The molecule has 1 aromatic rings. The van der Waals surface area contributed by atoms with Crippen molar-refractivity contribution < 1.29 is 9.53 Å². The van der Waals surface area contributed by atoms with E-state index in [9.17, 15) is 4.79 Å². The molecular formula is C15H21ClN2O2. The Kier molecular flexibility index (Phi) is 5.12. The molecule has 1 N–H and O–H groups in total. The molecule has 110 valence electrons. The van der Waals surface area contributed by atoms with Crippen LogP contribution in [0.25, 0.3) is 0 Å². The second-order valence-corrected chi connectivity index (χ2v) is 5.70. The lowest BCUT2D eigenvalue weighted by Gasteiger charge is -2.38. The molecule has 2 amide bonds. The minimum atomic E-state index is -0.0568. The Morgan fingerprint density at radius 2 is 1.90 bits per heavy atom. The highest BCUT2D eigenvalue weighted by molar-refractivity contribution is 6.30. The number of carbonyl (C=O) groups is 1. The van der Waals surface area contributed by atoms with Gasteiger partial charge in [-0.05, 0) is 57.4 Å². The molecule has 2 rings (SSSR count). The number of nitrogens with one attached hydrogen (secondary N) is 1. The minimum Gasteiger partial charge on any atom is -0.473 e. The summed E-state index contributed by atoms with van der Waals surface area (Å²) in [7, 11) is 0. The number of amides is 2. The van der Waals surface area contributed by atoms with Crippen LogP contribution in [0.3, 0.4) is 0 Å². The molecule has 0 aromatic heterocycles. The SMILES string of the molecule is CC1CCCC(C)N1C(=O)NCOc1ccc(Cl)cc1. The van der Waals surface area contributed by atoms with Crippen LogP contribution in [0.4, 0.5) is 4.79 Å². The van der Waals surface area contributed by atoms with Gasteiger partial charge in [-0.25, -0.2) is 4.79 Å². The van der Waals surface area contributed by atoms with Gasteiger partial charge in [0, 0.05) is 17.1 Å². The highest BCUT2D eigenvalue weighted by atomic mass is 35.5. The first-order valence-electron chi connectivity index (χ1n) is 7.02. The van der Waals surface area contributed by atoms with Crippen LogP contribution < -0.4 is 10.1 Å². The number of likely N-dealkylation sites (tertiary alicyclic amines) is 1. The summed E-state index contributed by atoms with van der Waals surface area (Å²) in [5, 5.41) is 3.47. The molecule has 1 aliphatic rings. The normalized spacial score (nSPS) is 22.4. The Labute approximate surface area is 125 Å². The minimum absolute atomic E-state index is 0.0568. The summed E-state index contributed by atoms with van der Waals surface area (Å²) < 4.78 is 5.48. The molecular weight excluding hydrogens is 276 g/mol. The summed E-state index contributed by atoms with van der Waals surface area (Å²) in [6.07, 6.45) is 3.32. The molecule has 0 bridgehead atoms. The van der Waals surface area contributed by atoms with Crippen LogP contribution in [0, 0.1) is 0 Å². The average Bonchev–Trinajstić information content (AvgIpc) is 2.41. The highest BCUT2D eigenvalue weighted by Gasteiger charge is 2.28. The van der Waals surface area contributed by atoms with Crippen LogP contribution in [0.5, 0.6) is 5.75 Å². The molecule has 0 saturated carbocycles. The number of carbonyl (C=O) groups excluding carboxylic acids is 1. The van der Waals surface area contributed by atoms with Gasteiger partial charge in [-0.1, -0.05) is 11.6 Å². The number of halogens is 1. The third-order valence-corrected chi connectivity index (χ3v) is 3.96. The molecule has 0 aliphatic carbocycles. The van der Waals surface area contributed by atoms with E-state index in [4.69, 9.17) is 16.3 Å². The zero-order valence-corrected chi connectivity index (χ0v) is 12.7. The van der Waals surface area contributed by atoms with Crippen molar-refractivity contribution >= 4 is 17.6 Å². The molecule has 1 fully saturated rings. The number of hydrogen-bond acceptors (Lipinski definition) is 2. The number of nitrogens with zero attached hydrogens (tertiary/aromatic N) is 1. The summed E-state index contributed by atoms with van der Waals surface area (Å²) in [5.41, 5.74) is 0. The number of piperidine rings is 1. The number of rotatable bonds is 3. The number of urea groups is 1. The smallest absolute Gasteiger partial charge is 0.320 e. The molecule has 0 radical (unpaired) electrons. The molecule has 1 aromatic carbocycles. The van der Waals surface area contributed by atoms with Crippen LogP contribution in [0.15, 0.2) is 24.3 Å². The van der Waals surface area contributed by atoms with Gasteiger partial charge in [-0.15, -0.1) is 0 Å². The van der Waals surface area contributed by atoms with Crippen molar-refractivity contribution in [2.75, 3.05) is 6.73 Å². The zero-order valence-electron chi connectivity index (χ0n) is 11.9. The molecule has 1 aliphatic heterocycles. The molecule has 1 saturated heterocycles. The zero-order chi connectivity index (χ0) is 14.5. The summed E-state index contributed by atoms with van der Waals surface area (Å²) in [6, 6.07) is 7.59. The summed E-state index contributed by atoms with van der Waals surface area (Å²) in [5.74, 6) is 0.689.